The number of phosphoric acid groups is 1. The van der Waals surface area contributed by atoms with Gasteiger partial charge in [-0.1, -0.05) is 0 Å². The molecule has 0 heterocycles. The number of carbonyl (C=O) groups excluding carboxylic acids is 2. The van der Waals surface area contributed by atoms with Crippen molar-refractivity contribution < 1.29 is 42.8 Å². The molecule has 0 saturated carbocycles. The topological polar surface area (TPSA) is 133 Å². The highest BCUT2D eigenvalue weighted by Crippen LogP contribution is 2.38. The molecule has 0 saturated heterocycles. The lowest BCUT2D eigenvalue weighted by Crippen LogP contribution is -2.46. The van der Waals surface area contributed by atoms with Crippen molar-refractivity contribution in [1.82, 2.24) is 0 Å². The van der Waals surface area contributed by atoms with E-state index in [0.29, 0.717) is 0 Å². The predicted molar refractivity (Wildman–Crippen MR) is 55.8 cm³/mol. The molecule has 0 aromatic rings. The molecule has 0 spiro atoms. The predicted octanol–water partition coefficient (Wildman–Crippen LogP) is -2.40. The number of rotatable bonds is 5. The van der Waals surface area contributed by atoms with Gasteiger partial charge in [-0.3, -0.25) is 9.05 Å². The van der Waals surface area contributed by atoms with Gasteiger partial charge in [-0.15, -0.1) is 0 Å². The Labute approximate surface area is 104 Å². The summed E-state index contributed by atoms with van der Waals surface area (Å²) >= 11 is 0. The molecule has 2 atom stereocenters. The first-order valence-electron chi connectivity index (χ1n) is 4.84. The maximum absolute atomic E-state index is 11.3. The molecule has 106 valence electrons. The van der Waals surface area contributed by atoms with Crippen LogP contribution in [0, 0.1) is 0 Å². The SMILES string of the molecule is C[N+](C)(C)C(=O)C(=O)OP(=O)([O-])OC[C@H](O)CO. The Balaban J connectivity index is 4.46. The molecular formula is C8H16NO8P. The summed E-state index contributed by atoms with van der Waals surface area (Å²) in [5.74, 6) is -2.67. The van der Waals surface area contributed by atoms with Gasteiger partial charge >= 0.3 is 19.7 Å². The van der Waals surface area contributed by atoms with Gasteiger partial charge < -0.3 is 24.2 Å². The average Bonchev–Trinajstić information content (AvgIpc) is 2.22. The van der Waals surface area contributed by atoms with E-state index in [4.69, 9.17) is 10.2 Å². The van der Waals surface area contributed by atoms with Crippen LogP contribution < -0.4 is 4.89 Å². The van der Waals surface area contributed by atoms with Gasteiger partial charge in [-0.05, 0) is 0 Å². The number of phosphoric ester groups is 1. The molecule has 0 aliphatic heterocycles. The number of carbonyl (C=O) groups is 2. The van der Waals surface area contributed by atoms with E-state index in [-0.39, 0.29) is 0 Å². The standard InChI is InChI=1S/C8H16NO8P/c1-9(2,3)7(12)8(13)17-18(14,15)16-5-6(11)4-10/h6,10-11H,4-5H2,1-3H3/t6-/m1/s1. The summed E-state index contributed by atoms with van der Waals surface area (Å²) < 4.78 is 18.7. The number of aliphatic hydroxyl groups excluding tert-OH is 2. The lowest BCUT2D eigenvalue weighted by molar-refractivity contribution is -0.788. The first-order valence-corrected chi connectivity index (χ1v) is 6.30. The van der Waals surface area contributed by atoms with Crippen LogP contribution in [0.4, 0.5) is 0 Å². The monoisotopic (exact) mass is 285 g/mol. The van der Waals surface area contributed by atoms with Gasteiger partial charge in [0.2, 0.25) is 0 Å². The second kappa shape index (κ2) is 6.37. The number of quaternary nitrogens is 1. The summed E-state index contributed by atoms with van der Waals surface area (Å²) in [4.78, 5) is 33.6. The maximum Gasteiger partial charge on any atom is 0.442 e. The van der Waals surface area contributed by atoms with E-state index >= 15 is 0 Å². The van der Waals surface area contributed by atoms with Crippen molar-refractivity contribution in [3.63, 3.8) is 0 Å². The maximum atomic E-state index is 11.3. The number of nitrogens with zero attached hydrogens (tertiary/aromatic N) is 1. The van der Waals surface area contributed by atoms with E-state index in [9.17, 15) is 19.0 Å². The van der Waals surface area contributed by atoms with Gasteiger partial charge in [-0.2, -0.15) is 0 Å². The number of aliphatic hydroxyl groups is 2. The van der Waals surface area contributed by atoms with Gasteiger partial charge in [-0.25, -0.2) is 9.59 Å². The Bertz CT molecular complexity index is 363. The first-order chi connectivity index (χ1) is 7.99. The second-order valence-corrected chi connectivity index (χ2v) is 5.61. The number of amides is 1. The summed E-state index contributed by atoms with van der Waals surface area (Å²) in [5, 5.41) is 17.3. The zero-order valence-electron chi connectivity index (χ0n) is 10.2. The van der Waals surface area contributed by atoms with Crippen LogP contribution in [-0.2, 0) is 23.2 Å². The summed E-state index contributed by atoms with van der Waals surface area (Å²) in [6, 6.07) is 0. The lowest BCUT2D eigenvalue weighted by atomic mass is 10.4. The highest BCUT2D eigenvalue weighted by atomic mass is 31.2. The minimum absolute atomic E-state index is 0.446. The van der Waals surface area contributed by atoms with E-state index in [1.54, 1.807) is 0 Å². The molecule has 10 heteroatoms. The van der Waals surface area contributed by atoms with E-state index in [2.05, 4.69) is 9.05 Å². The summed E-state index contributed by atoms with van der Waals surface area (Å²) in [6.07, 6.45) is -1.43. The van der Waals surface area contributed by atoms with Crippen LogP contribution in [0.15, 0.2) is 0 Å². The van der Waals surface area contributed by atoms with Gasteiger partial charge in [0.1, 0.15) is 6.10 Å². The fourth-order valence-corrected chi connectivity index (χ4v) is 1.36. The highest BCUT2D eigenvalue weighted by molar-refractivity contribution is 7.46. The number of hydrogen-bond donors (Lipinski definition) is 2. The quantitative estimate of drug-likeness (QED) is 0.324. The molecule has 0 aromatic heterocycles. The van der Waals surface area contributed by atoms with Crippen LogP contribution in [0.1, 0.15) is 0 Å². The zero-order valence-corrected chi connectivity index (χ0v) is 11.1. The van der Waals surface area contributed by atoms with Crippen LogP contribution in [0.25, 0.3) is 0 Å². The third kappa shape index (κ3) is 6.20. The lowest BCUT2D eigenvalue weighted by Gasteiger charge is -2.24. The molecule has 0 fully saturated rings. The van der Waals surface area contributed by atoms with E-state index in [1.165, 1.54) is 21.1 Å². The van der Waals surface area contributed by atoms with Crippen LogP contribution >= 0.6 is 7.82 Å². The molecule has 1 amide bonds. The third-order valence-corrected chi connectivity index (χ3v) is 2.47. The number of hydrogen-bond acceptors (Lipinski definition) is 8. The average molecular weight is 285 g/mol. The molecule has 0 radical (unpaired) electrons. The summed E-state index contributed by atoms with van der Waals surface area (Å²) in [5.41, 5.74) is 0. The fraction of sp³-hybridized carbons (Fsp3) is 0.750. The smallest absolute Gasteiger partial charge is 0.442 e. The molecule has 18 heavy (non-hydrogen) atoms. The van der Waals surface area contributed by atoms with Gasteiger partial charge in [0.15, 0.2) is 0 Å². The fourth-order valence-electron chi connectivity index (χ4n) is 0.671. The molecule has 9 nitrogen and oxygen atoms in total. The van der Waals surface area contributed by atoms with Gasteiger partial charge in [0.05, 0.1) is 34.4 Å². The van der Waals surface area contributed by atoms with Crippen molar-refractivity contribution in [2.24, 2.45) is 0 Å². The zero-order chi connectivity index (χ0) is 14.6. The second-order valence-electron chi connectivity index (χ2n) is 4.28. The number of likely N-dealkylation sites (N-methyl/N-ethyl adjacent to an activating group) is 1. The normalized spacial score (nSPS) is 16.8. The summed E-state index contributed by atoms with van der Waals surface area (Å²) in [6.45, 7) is -1.49. The minimum Gasteiger partial charge on any atom is -0.746 e. The molecule has 0 bridgehead atoms. The van der Waals surface area contributed by atoms with E-state index < -0.39 is 43.5 Å². The molecule has 2 N–H and O–H groups in total. The van der Waals surface area contributed by atoms with Crippen molar-refractivity contribution in [3.05, 3.63) is 0 Å². The molecular weight excluding hydrogens is 269 g/mol. The van der Waals surface area contributed by atoms with Crippen LogP contribution in [0.2, 0.25) is 0 Å². The third-order valence-electron chi connectivity index (χ3n) is 1.61. The molecule has 1 unspecified atom stereocenters. The van der Waals surface area contributed by atoms with Gasteiger partial charge in [0, 0.05) is 0 Å². The van der Waals surface area contributed by atoms with Crippen molar-refractivity contribution >= 4 is 19.7 Å². The van der Waals surface area contributed by atoms with E-state index in [1.807, 2.05) is 0 Å². The van der Waals surface area contributed by atoms with Gasteiger partial charge in [0.25, 0.3) is 0 Å². The summed E-state index contributed by atoms with van der Waals surface area (Å²) in [7, 11) is -0.970. The molecule has 0 aliphatic rings. The highest BCUT2D eigenvalue weighted by Gasteiger charge is 2.34. The van der Waals surface area contributed by atoms with Crippen molar-refractivity contribution in [2.45, 2.75) is 6.10 Å². The Morgan fingerprint density at radius 1 is 1.39 bits per heavy atom. The Hall–Kier alpha value is -0.830. The van der Waals surface area contributed by atoms with Crippen LogP contribution in [0.3, 0.4) is 0 Å². The Kier molecular flexibility index (Phi) is 6.08. The Morgan fingerprint density at radius 3 is 2.28 bits per heavy atom. The largest absolute Gasteiger partial charge is 0.746 e. The van der Waals surface area contributed by atoms with Crippen molar-refractivity contribution in [2.75, 3.05) is 34.4 Å². The van der Waals surface area contributed by atoms with Crippen molar-refractivity contribution in [3.8, 4) is 0 Å². The Morgan fingerprint density at radius 2 is 1.89 bits per heavy atom. The first kappa shape index (κ1) is 17.2. The molecule has 0 aromatic carbocycles. The van der Waals surface area contributed by atoms with Crippen molar-refractivity contribution in [1.29, 1.82) is 0 Å². The minimum atomic E-state index is -5.04. The molecule has 0 rings (SSSR count). The molecule has 0 aliphatic carbocycles. The van der Waals surface area contributed by atoms with Crippen LogP contribution in [0.5, 0.6) is 0 Å². The van der Waals surface area contributed by atoms with Crippen LogP contribution in [-0.4, -0.2) is 67.0 Å². The van der Waals surface area contributed by atoms with E-state index in [0.717, 1.165) is 0 Å².